The summed E-state index contributed by atoms with van der Waals surface area (Å²) in [7, 11) is 1.53. The number of rotatable bonds is 5. The first-order chi connectivity index (χ1) is 12.6. The van der Waals surface area contributed by atoms with Crippen LogP contribution in [0.15, 0.2) is 40.7 Å². The third-order valence-electron chi connectivity index (χ3n) is 3.88. The van der Waals surface area contributed by atoms with E-state index in [1.807, 2.05) is 33.8 Å². The van der Waals surface area contributed by atoms with Gasteiger partial charge in [-0.2, -0.15) is 0 Å². The third-order valence-corrected chi connectivity index (χ3v) is 3.88. The summed E-state index contributed by atoms with van der Waals surface area (Å²) in [6, 6.07) is 1.89. The van der Waals surface area contributed by atoms with Gasteiger partial charge in [0, 0.05) is 5.41 Å². The molecule has 27 heavy (non-hydrogen) atoms. The second-order valence-corrected chi connectivity index (χ2v) is 6.56. The van der Waals surface area contributed by atoms with E-state index >= 15 is 0 Å². The Labute approximate surface area is 164 Å². The van der Waals surface area contributed by atoms with Crippen LogP contribution >= 0.6 is 0 Å². The topological polar surface area (TPSA) is 62.8 Å². The quantitative estimate of drug-likeness (QED) is 0.489. The lowest BCUT2D eigenvalue weighted by Gasteiger charge is -2.15. The molecule has 2 unspecified atom stereocenters. The molecule has 1 aromatic rings. The average molecular weight is 387 g/mol. The van der Waals surface area contributed by atoms with E-state index in [0.29, 0.717) is 5.76 Å². The molecule has 1 aromatic heterocycles. The largest absolute Gasteiger partial charge is 0.498 e. The number of ether oxygens (including phenoxy) is 1. The Morgan fingerprint density at radius 2 is 1.89 bits per heavy atom. The van der Waals surface area contributed by atoms with Gasteiger partial charge >= 0.3 is 0 Å². The first-order valence-corrected chi connectivity index (χ1v) is 9.50. The van der Waals surface area contributed by atoms with Crippen LogP contribution in [-0.4, -0.2) is 30.1 Å². The Morgan fingerprint density at radius 3 is 2.11 bits per heavy atom. The van der Waals surface area contributed by atoms with Crippen LogP contribution in [0.1, 0.15) is 71.8 Å². The summed E-state index contributed by atoms with van der Waals surface area (Å²) >= 11 is 0. The lowest BCUT2D eigenvalue weighted by molar-refractivity contribution is 0.0802. The van der Waals surface area contributed by atoms with Crippen molar-refractivity contribution in [1.82, 2.24) is 0 Å². The first-order valence-electron chi connectivity index (χ1n) is 9.50. The fourth-order valence-electron chi connectivity index (χ4n) is 2.04. The van der Waals surface area contributed by atoms with Crippen molar-refractivity contribution in [2.24, 2.45) is 5.41 Å². The summed E-state index contributed by atoms with van der Waals surface area (Å²) < 4.78 is 20.4. The number of aryl methyl sites for hydroxylation is 1. The monoisotopic (exact) mass is 386 g/mol. The number of hydrogen-bond donors (Lipinski definition) is 2. The minimum absolute atomic E-state index is 0.0859. The molecular weight excluding hydrogens is 347 g/mol. The summed E-state index contributed by atoms with van der Waals surface area (Å²) in [6.45, 7) is 16.4. The highest BCUT2D eigenvalue weighted by molar-refractivity contribution is 5.20. The summed E-state index contributed by atoms with van der Waals surface area (Å²) in [6.07, 6.45) is 4.60. The number of hydrogen-bond acceptors (Lipinski definition) is 4. The fraction of sp³-hybridized carbons (Fsp3) is 0.636. The van der Waals surface area contributed by atoms with Crippen LogP contribution in [0.4, 0.5) is 4.39 Å². The van der Waals surface area contributed by atoms with E-state index < -0.39 is 12.2 Å². The molecule has 0 amide bonds. The maximum absolute atomic E-state index is 10.3. The van der Waals surface area contributed by atoms with E-state index in [0.717, 1.165) is 29.7 Å². The van der Waals surface area contributed by atoms with Crippen LogP contribution in [0.5, 0.6) is 0 Å². The molecule has 1 aliphatic carbocycles. The number of allylic oxidation sites excluding steroid dienone is 2. The van der Waals surface area contributed by atoms with E-state index in [2.05, 4.69) is 13.5 Å². The SMILES string of the molecule is C=C(C)/C=C(\OC)C(C)O.CC.CCF.Cc1ccoc1C(O)C1(C)CC1. The van der Waals surface area contributed by atoms with Gasteiger partial charge in [-0.1, -0.05) is 32.9 Å². The molecule has 0 spiro atoms. The molecule has 0 aliphatic heterocycles. The molecule has 5 heteroatoms. The fourth-order valence-corrected chi connectivity index (χ4v) is 2.04. The van der Waals surface area contributed by atoms with Gasteiger partial charge in [-0.15, -0.1) is 0 Å². The summed E-state index contributed by atoms with van der Waals surface area (Å²) in [4.78, 5) is 0. The number of aliphatic hydroxyl groups excluding tert-OH is 2. The van der Waals surface area contributed by atoms with Crippen molar-refractivity contribution >= 4 is 0 Å². The van der Waals surface area contributed by atoms with Crippen molar-refractivity contribution in [3.05, 3.63) is 47.6 Å². The van der Waals surface area contributed by atoms with Crippen molar-refractivity contribution in [2.75, 3.05) is 13.8 Å². The number of aliphatic hydroxyl groups is 2. The Bertz CT molecular complexity index is 542. The maximum Gasteiger partial charge on any atom is 0.135 e. The molecule has 1 fully saturated rings. The lowest BCUT2D eigenvalue weighted by atomic mass is 9.98. The van der Waals surface area contributed by atoms with Crippen LogP contribution in [-0.2, 0) is 4.74 Å². The maximum atomic E-state index is 10.3. The van der Waals surface area contributed by atoms with E-state index in [1.165, 1.54) is 14.0 Å². The normalized spacial score (nSPS) is 16.2. The van der Waals surface area contributed by atoms with Gasteiger partial charge in [0.1, 0.15) is 23.7 Å². The average Bonchev–Trinajstić information content (AvgIpc) is 3.23. The Kier molecular flexibility index (Phi) is 14.8. The van der Waals surface area contributed by atoms with Gasteiger partial charge in [0.05, 0.1) is 20.0 Å². The predicted molar refractivity (Wildman–Crippen MR) is 110 cm³/mol. The Morgan fingerprint density at radius 1 is 1.41 bits per heavy atom. The van der Waals surface area contributed by atoms with Crippen LogP contribution < -0.4 is 0 Å². The molecule has 1 heterocycles. The second-order valence-electron chi connectivity index (χ2n) is 6.56. The third kappa shape index (κ3) is 11.0. The Hall–Kier alpha value is -1.59. The molecule has 1 aliphatic rings. The van der Waals surface area contributed by atoms with Gasteiger partial charge in [-0.25, -0.2) is 0 Å². The van der Waals surface area contributed by atoms with Crippen molar-refractivity contribution in [3.8, 4) is 0 Å². The molecule has 0 aromatic carbocycles. The standard InChI is InChI=1S/C10H14O2.C8H14O2.C2H5F.C2H6/c1-7-3-6-12-8(7)9(11)10(2)4-5-10;1-6(2)5-8(10-4)7(3)9;1-2-3;1-2/h3,6,9,11H,4-5H2,1-2H3;5,7,9H,1H2,2-4H3;2H2,1H3;1-2H3/b;8-5-;;. The number of alkyl halides is 1. The molecule has 0 saturated heterocycles. The second kappa shape index (κ2) is 14.5. The van der Waals surface area contributed by atoms with Gasteiger partial charge in [-0.3, -0.25) is 4.39 Å². The molecule has 4 nitrogen and oxygen atoms in total. The number of methoxy groups -OCH3 is 1. The molecular formula is C22H39FO4. The molecule has 2 N–H and O–H groups in total. The van der Waals surface area contributed by atoms with Crippen LogP contribution in [0, 0.1) is 12.3 Å². The van der Waals surface area contributed by atoms with Gasteiger partial charge < -0.3 is 19.4 Å². The minimum atomic E-state index is -0.554. The number of halogens is 1. The van der Waals surface area contributed by atoms with E-state index in [4.69, 9.17) is 14.3 Å². The smallest absolute Gasteiger partial charge is 0.135 e. The first kappa shape index (κ1) is 27.6. The highest BCUT2D eigenvalue weighted by Gasteiger charge is 2.46. The van der Waals surface area contributed by atoms with Gasteiger partial charge in [-0.05, 0) is 58.2 Å². The molecule has 0 bridgehead atoms. The highest BCUT2D eigenvalue weighted by Crippen LogP contribution is 2.54. The summed E-state index contributed by atoms with van der Waals surface area (Å²) in [5.74, 6) is 1.29. The van der Waals surface area contributed by atoms with Crippen molar-refractivity contribution < 1.29 is 23.8 Å². The number of furan rings is 1. The zero-order valence-electron chi connectivity index (χ0n) is 18.3. The molecule has 0 radical (unpaired) electrons. The summed E-state index contributed by atoms with van der Waals surface area (Å²) in [5.41, 5.74) is 2.01. The summed E-state index contributed by atoms with van der Waals surface area (Å²) in [5, 5.41) is 18.9. The molecule has 158 valence electrons. The zero-order chi connectivity index (χ0) is 21.6. The van der Waals surface area contributed by atoms with Gasteiger partial charge in [0.15, 0.2) is 0 Å². The van der Waals surface area contributed by atoms with Gasteiger partial charge in [0.25, 0.3) is 0 Å². The minimum Gasteiger partial charge on any atom is -0.498 e. The van der Waals surface area contributed by atoms with E-state index in [9.17, 15) is 9.50 Å². The van der Waals surface area contributed by atoms with Crippen LogP contribution in [0.2, 0.25) is 0 Å². The molecule has 2 atom stereocenters. The van der Waals surface area contributed by atoms with E-state index in [1.54, 1.807) is 19.3 Å². The van der Waals surface area contributed by atoms with E-state index in [-0.39, 0.29) is 12.1 Å². The molecule has 1 saturated carbocycles. The lowest BCUT2D eigenvalue weighted by Crippen LogP contribution is -2.09. The highest BCUT2D eigenvalue weighted by atomic mass is 19.1. The van der Waals surface area contributed by atoms with Crippen LogP contribution in [0.3, 0.4) is 0 Å². The van der Waals surface area contributed by atoms with Crippen molar-refractivity contribution in [3.63, 3.8) is 0 Å². The predicted octanol–water partition coefficient (Wildman–Crippen LogP) is 5.90. The van der Waals surface area contributed by atoms with Gasteiger partial charge in [0.2, 0.25) is 0 Å². The molecule has 2 rings (SSSR count). The Balaban J connectivity index is 0. The van der Waals surface area contributed by atoms with Crippen LogP contribution in [0.25, 0.3) is 0 Å². The van der Waals surface area contributed by atoms with Crippen molar-refractivity contribution in [2.45, 2.75) is 73.5 Å². The zero-order valence-corrected chi connectivity index (χ0v) is 18.3. The van der Waals surface area contributed by atoms with Crippen molar-refractivity contribution in [1.29, 1.82) is 0 Å².